The number of rotatable bonds is 4. The molecule has 1 aromatic carbocycles. The van der Waals surface area contributed by atoms with Crippen LogP contribution < -0.4 is 5.32 Å². The summed E-state index contributed by atoms with van der Waals surface area (Å²) in [6.07, 6.45) is 2.38. The average Bonchev–Trinajstić information content (AvgIpc) is 2.36. The highest BCUT2D eigenvalue weighted by Crippen LogP contribution is 2.19. The second kappa shape index (κ2) is 6.34. The van der Waals surface area contributed by atoms with E-state index < -0.39 is 0 Å². The maximum absolute atomic E-state index is 13.5. The number of piperidine rings is 1. The Morgan fingerprint density at radius 1 is 1.47 bits per heavy atom. The quantitative estimate of drug-likeness (QED) is 0.895. The molecule has 1 atom stereocenters. The number of ether oxygens (including phenoxy) is 1. The molecule has 2 nitrogen and oxygen atoms in total. The second-order valence-electron chi connectivity index (χ2n) is 4.44. The van der Waals surface area contributed by atoms with Gasteiger partial charge in [-0.2, -0.15) is 0 Å². The van der Waals surface area contributed by atoms with E-state index in [4.69, 9.17) is 16.3 Å². The van der Waals surface area contributed by atoms with Crippen LogP contribution in [0.2, 0.25) is 5.02 Å². The van der Waals surface area contributed by atoms with Crippen LogP contribution in [0.5, 0.6) is 0 Å². The van der Waals surface area contributed by atoms with Crippen molar-refractivity contribution in [1.82, 2.24) is 5.32 Å². The zero-order chi connectivity index (χ0) is 12.1. The second-order valence-corrected chi connectivity index (χ2v) is 4.85. The maximum Gasteiger partial charge on any atom is 0.147 e. The van der Waals surface area contributed by atoms with Crippen molar-refractivity contribution in [2.24, 2.45) is 5.92 Å². The minimum absolute atomic E-state index is 0.158. The fourth-order valence-electron chi connectivity index (χ4n) is 2.06. The molecular weight excluding hydrogens is 241 g/mol. The predicted molar refractivity (Wildman–Crippen MR) is 66.7 cm³/mol. The summed E-state index contributed by atoms with van der Waals surface area (Å²) in [5.41, 5.74) is 0.529. The fourth-order valence-corrected chi connectivity index (χ4v) is 2.26. The van der Waals surface area contributed by atoms with Crippen LogP contribution in [-0.4, -0.2) is 19.7 Å². The van der Waals surface area contributed by atoms with Crippen molar-refractivity contribution in [2.75, 3.05) is 19.7 Å². The number of hydrogen-bond donors (Lipinski definition) is 1. The van der Waals surface area contributed by atoms with Gasteiger partial charge in [-0.1, -0.05) is 23.7 Å². The first kappa shape index (κ1) is 12.8. The van der Waals surface area contributed by atoms with Gasteiger partial charge in [-0.05, 0) is 31.4 Å². The Morgan fingerprint density at radius 3 is 3.12 bits per heavy atom. The molecule has 1 aliphatic heterocycles. The van der Waals surface area contributed by atoms with Crippen LogP contribution in [0.1, 0.15) is 18.4 Å². The van der Waals surface area contributed by atoms with Gasteiger partial charge in [0.05, 0.1) is 18.2 Å². The molecule has 0 aromatic heterocycles. The van der Waals surface area contributed by atoms with Gasteiger partial charge in [-0.15, -0.1) is 0 Å². The molecule has 0 aliphatic carbocycles. The number of benzene rings is 1. The standard InChI is InChI=1S/C13H17ClFNO/c14-12-5-1-4-11(13(12)15)9-17-8-10-3-2-6-16-7-10/h1,4-5,10,16H,2-3,6-9H2. The van der Waals surface area contributed by atoms with Gasteiger partial charge in [-0.25, -0.2) is 4.39 Å². The molecule has 0 bridgehead atoms. The lowest BCUT2D eigenvalue weighted by Gasteiger charge is -2.22. The van der Waals surface area contributed by atoms with Crippen LogP contribution in [0.15, 0.2) is 18.2 Å². The molecule has 1 heterocycles. The van der Waals surface area contributed by atoms with Crippen molar-refractivity contribution < 1.29 is 9.13 Å². The summed E-state index contributed by atoms with van der Waals surface area (Å²) in [5, 5.41) is 3.49. The van der Waals surface area contributed by atoms with Crippen molar-refractivity contribution in [3.8, 4) is 0 Å². The van der Waals surface area contributed by atoms with Gasteiger partial charge in [0.15, 0.2) is 0 Å². The van der Waals surface area contributed by atoms with Gasteiger partial charge in [0.25, 0.3) is 0 Å². The Balaban J connectivity index is 1.79. The molecule has 0 radical (unpaired) electrons. The normalized spacial score (nSPS) is 20.5. The molecule has 1 aromatic rings. The van der Waals surface area contributed by atoms with Crippen LogP contribution >= 0.6 is 11.6 Å². The van der Waals surface area contributed by atoms with E-state index in [0.29, 0.717) is 24.7 Å². The minimum Gasteiger partial charge on any atom is -0.376 e. The molecule has 94 valence electrons. The summed E-state index contributed by atoms with van der Waals surface area (Å²) in [7, 11) is 0. The van der Waals surface area contributed by atoms with Gasteiger partial charge < -0.3 is 10.1 Å². The summed E-state index contributed by atoms with van der Waals surface area (Å²) >= 11 is 5.70. The van der Waals surface area contributed by atoms with Crippen LogP contribution in [0.3, 0.4) is 0 Å². The molecular formula is C13H17ClFNO. The van der Waals surface area contributed by atoms with E-state index >= 15 is 0 Å². The summed E-state index contributed by atoms with van der Waals surface area (Å²) in [6.45, 7) is 3.07. The number of halogens is 2. The van der Waals surface area contributed by atoms with E-state index in [9.17, 15) is 4.39 Å². The van der Waals surface area contributed by atoms with Crippen molar-refractivity contribution in [2.45, 2.75) is 19.4 Å². The first-order chi connectivity index (χ1) is 8.27. The lowest BCUT2D eigenvalue weighted by molar-refractivity contribution is 0.0766. The maximum atomic E-state index is 13.5. The molecule has 0 saturated carbocycles. The zero-order valence-corrected chi connectivity index (χ0v) is 10.5. The highest BCUT2D eigenvalue weighted by atomic mass is 35.5. The monoisotopic (exact) mass is 257 g/mol. The highest BCUT2D eigenvalue weighted by Gasteiger charge is 2.13. The van der Waals surface area contributed by atoms with Crippen LogP contribution in [-0.2, 0) is 11.3 Å². The highest BCUT2D eigenvalue weighted by molar-refractivity contribution is 6.30. The molecule has 1 fully saturated rings. The lowest BCUT2D eigenvalue weighted by atomic mass is 10.0. The summed E-state index contributed by atoms with van der Waals surface area (Å²) in [6, 6.07) is 5.00. The van der Waals surface area contributed by atoms with Crippen molar-refractivity contribution in [3.63, 3.8) is 0 Å². The van der Waals surface area contributed by atoms with Gasteiger partial charge in [0.2, 0.25) is 0 Å². The molecule has 0 amide bonds. The number of hydrogen-bond acceptors (Lipinski definition) is 2. The molecule has 4 heteroatoms. The smallest absolute Gasteiger partial charge is 0.147 e. The molecule has 0 spiro atoms. The van der Waals surface area contributed by atoms with Crippen molar-refractivity contribution in [3.05, 3.63) is 34.6 Å². The molecule has 2 rings (SSSR count). The Bertz CT molecular complexity index is 366. The van der Waals surface area contributed by atoms with Crippen LogP contribution in [0.4, 0.5) is 4.39 Å². The van der Waals surface area contributed by atoms with E-state index in [1.165, 1.54) is 12.8 Å². The minimum atomic E-state index is -0.365. The van der Waals surface area contributed by atoms with Crippen molar-refractivity contribution >= 4 is 11.6 Å². The average molecular weight is 258 g/mol. The SMILES string of the molecule is Fc1c(Cl)cccc1COCC1CCCNC1. The largest absolute Gasteiger partial charge is 0.376 e. The molecule has 17 heavy (non-hydrogen) atoms. The molecule has 1 saturated heterocycles. The first-order valence-electron chi connectivity index (χ1n) is 5.98. The zero-order valence-electron chi connectivity index (χ0n) is 9.72. The van der Waals surface area contributed by atoms with Gasteiger partial charge in [0, 0.05) is 12.1 Å². The van der Waals surface area contributed by atoms with E-state index in [0.717, 1.165) is 13.1 Å². The van der Waals surface area contributed by atoms with E-state index in [-0.39, 0.29) is 10.8 Å². The predicted octanol–water partition coefficient (Wildman–Crippen LogP) is 3.00. The Labute approximate surface area is 106 Å². The van der Waals surface area contributed by atoms with Crippen LogP contribution in [0, 0.1) is 11.7 Å². The van der Waals surface area contributed by atoms with Crippen molar-refractivity contribution in [1.29, 1.82) is 0 Å². The Morgan fingerprint density at radius 2 is 2.35 bits per heavy atom. The fraction of sp³-hybridized carbons (Fsp3) is 0.538. The third-order valence-corrected chi connectivity index (χ3v) is 3.33. The summed E-state index contributed by atoms with van der Waals surface area (Å²) in [5.74, 6) is 0.182. The first-order valence-corrected chi connectivity index (χ1v) is 6.36. The molecule has 1 aliphatic rings. The van der Waals surface area contributed by atoms with Gasteiger partial charge in [0.1, 0.15) is 5.82 Å². The van der Waals surface area contributed by atoms with Gasteiger partial charge >= 0.3 is 0 Å². The molecule has 1 unspecified atom stereocenters. The topological polar surface area (TPSA) is 21.3 Å². The van der Waals surface area contributed by atoms with Gasteiger partial charge in [-0.3, -0.25) is 0 Å². The number of nitrogens with one attached hydrogen (secondary N) is 1. The third-order valence-electron chi connectivity index (χ3n) is 3.04. The van der Waals surface area contributed by atoms with Crippen LogP contribution in [0.25, 0.3) is 0 Å². The Kier molecular flexibility index (Phi) is 4.77. The third kappa shape index (κ3) is 3.66. The van der Waals surface area contributed by atoms with E-state index in [1.54, 1.807) is 18.2 Å². The van der Waals surface area contributed by atoms with E-state index in [1.807, 2.05) is 0 Å². The summed E-state index contributed by atoms with van der Waals surface area (Å²) in [4.78, 5) is 0. The molecule has 1 N–H and O–H groups in total. The lowest BCUT2D eigenvalue weighted by Crippen LogP contribution is -2.32. The summed E-state index contributed by atoms with van der Waals surface area (Å²) < 4.78 is 19.1. The van der Waals surface area contributed by atoms with E-state index in [2.05, 4.69) is 5.32 Å². The Hall–Kier alpha value is -0.640.